The summed E-state index contributed by atoms with van der Waals surface area (Å²) in [6.45, 7) is 2.35. The van der Waals surface area contributed by atoms with Gasteiger partial charge in [0.2, 0.25) is 0 Å². The SMILES string of the molecule is FC(F)(F)c1ccc(N2CCOc3cc(SNc4cnccn4)ccc32)c(C2=CCNCC2)c1. The van der Waals surface area contributed by atoms with E-state index in [1.54, 1.807) is 24.7 Å². The summed E-state index contributed by atoms with van der Waals surface area (Å²) < 4.78 is 49.6. The van der Waals surface area contributed by atoms with Crippen LogP contribution in [0.15, 0.2) is 66.0 Å². The van der Waals surface area contributed by atoms with Gasteiger partial charge in [-0.2, -0.15) is 13.2 Å². The number of anilines is 3. The summed E-state index contributed by atoms with van der Waals surface area (Å²) in [6, 6.07) is 9.81. The average Bonchev–Trinajstić information content (AvgIpc) is 2.87. The lowest BCUT2D eigenvalue weighted by Gasteiger charge is -2.34. The Morgan fingerprint density at radius 3 is 2.74 bits per heavy atom. The van der Waals surface area contributed by atoms with Crippen molar-refractivity contribution < 1.29 is 17.9 Å². The van der Waals surface area contributed by atoms with Crippen LogP contribution in [0.25, 0.3) is 5.57 Å². The van der Waals surface area contributed by atoms with Crippen LogP contribution >= 0.6 is 11.9 Å². The molecule has 0 spiro atoms. The number of hydrogen-bond acceptors (Lipinski definition) is 7. The van der Waals surface area contributed by atoms with E-state index >= 15 is 0 Å². The fourth-order valence-electron chi connectivity index (χ4n) is 4.05. The lowest BCUT2D eigenvalue weighted by atomic mass is 9.95. The van der Waals surface area contributed by atoms with E-state index < -0.39 is 11.7 Å². The van der Waals surface area contributed by atoms with Crippen molar-refractivity contribution in [3.63, 3.8) is 0 Å². The fourth-order valence-corrected chi connectivity index (χ4v) is 4.68. The van der Waals surface area contributed by atoms with E-state index in [4.69, 9.17) is 4.74 Å². The van der Waals surface area contributed by atoms with Gasteiger partial charge >= 0.3 is 6.18 Å². The number of hydrogen-bond donors (Lipinski definition) is 2. The molecule has 176 valence electrons. The summed E-state index contributed by atoms with van der Waals surface area (Å²) in [5, 5.41) is 3.23. The highest BCUT2D eigenvalue weighted by molar-refractivity contribution is 8.00. The van der Waals surface area contributed by atoms with E-state index in [2.05, 4.69) is 20.0 Å². The van der Waals surface area contributed by atoms with Gasteiger partial charge in [-0.05, 0) is 66.9 Å². The van der Waals surface area contributed by atoms with Crippen molar-refractivity contribution in [2.45, 2.75) is 17.5 Å². The molecule has 0 radical (unpaired) electrons. The highest BCUT2D eigenvalue weighted by Gasteiger charge is 2.32. The average molecular weight is 486 g/mol. The summed E-state index contributed by atoms with van der Waals surface area (Å²) in [5.41, 5.74) is 2.48. The molecule has 5 rings (SSSR count). The number of fused-ring (bicyclic) bond motifs is 1. The predicted octanol–water partition coefficient (Wildman–Crippen LogP) is 5.52. The third kappa shape index (κ3) is 4.83. The van der Waals surface area contributed by atoms with Gasteiger partial charge in [0.15, 0.2) is 5.82 Å². The van der Waals surface area contributed by atoms with Gasteiger partial charge in [0.05, 0.1) is 24.0 Å². The van der Waals surface area contributed by atoms with Gasteiger partial charge in [-0.1, -0.05) is 6.08 Å². The van der Waals surface area contributed by atoms with Crippen molar-refractivity contribution in [2.75, 3.05) is 35.9 Å². The molecule has 0 atom stereocenters. The zero-order valence-corrected chi connectivity index (χ0v) is 18.9. The van der Waals surface area contributed by atoms with Gasteiger partial charge in [-0.25, -0.2) is 4.98 Å². The van der Waals surface area contributed by atoms with Crippen LogP contribution in [0.4, 0.5) is 30.4 Å². The second-order valence-corrected chi connectivity index (χ2v) is 8.72. The summed E-state index contributed by atoms with van der Waals surface area (Å²) >= 11 is 1.38. The Morgan fingerprint density at radius 2 is 1.97 bits per heavy atom. The van der Waals surface area contributed by atoms with Gasteiger partial charge in [-0.15, -0.1) is 0 Å². The molecule has 2 N–H and O–H groups in total. The molecule has 0 unspecified atom stereocenters. The molecule has 2 aliphatic heterocycles. The van der Waals surface area contributed by atoms with Crippen molar-refractivity contribution in [3.8, 4) is 5.75 Å². The molecule has 0 saturated heterocycles. The van der Waals surface area contributed by atoms with Crippen molar-refractivity contribution in [2.24, 2.45) is 0 Å². The molecule has 0 aliphatic carbocycles. The quantitative estimate of drug-likeness (QED) is 0.462. The lowest BCUT2D eigenvalue weighted by molar-refractivity contribution is -0.137. The van der Waals surface area contributed by atoms with Gasteiger partial charge < -0.3 is 19.7 Å². The smallest absolute Gasteiger partial charge is 0.416 e. The van der Waals surface area contributed by atoms with Gasteiger partial charge in [0, 0.05) is 35.1 Å². The number of alkyl halides is 3. The Kier molecular flexibility index (Phi) is 6.34. The highest BCUT2D eigenvalue weighted by Crippen LogP contribution is 2.43. The standard InChI is InChI=1S/C24H22F3N5OS/c25-24(26,27)17-1-3-20(19(13-17)16-5-7-28-8-6-16)32-11-12-33-22-14-18(2-4-21(22)32)34-31-23-15-29-9-10-30-23/h1-5,9-10,13-15,28H,6-8,11-12H2,(H,30,31). The van der Waals surface area contributed by atoms with Crippen molar-refractivity contribution in [1.82, 2.24) is 15.3 Å². The maximum atomic E-state index is 13.5. The first-order valence-electron chi connectivity index (χ1n) is 10.8. The van der Waals surface area contributed by atoms with Crippen LogP contribution in [-0.4, -0.2) is 36.2 Å². The summed E-state index contributed by atoms with van der Waals surface area (Å²) in [4.78, 5) is 11.2. The number of nitrogens with zero attached hydrogens (tertiary/aromatic N) is 3. The molecule has 34 heavy (non-hydrogen) atoms. The Bertz CT molecular complexity index is 1200. The molecule has 2 aliphatic rings. The topological polar surface area (TPSA) is 62.3 Å². The number of ether oxygens (including phenoxy) is 1. The fraction of sp³-hybridized carbons (Fsp3) is 0.250. The van der Waals surface area contributed by atoms with Crippen LogP contribution in [-0.2, 0) is 6.18 Å². The first kappa shape index (κ1) is 22.5. The van der Waals surface area contributed by atoms with Crippen LogP contribution in [0.5, 0.6) is 5.75 Å². The van der Waals surface area contributed by atoms with E-state index in [0.717, 1.165) is 34.5 Å². The normalized spacial score (nSPS) is 15.9. The van der Waals surface area contributed by atoms with E-state index in [1.165, 1.54) is 18.0 Å². The molecule has 10 heteroatoms. The lowest BCUT2D eigenvalue weighted by Crippen LogP contribution is -2.30. The summed E-state index contributed by atoms with van der Waals surface area (Å²) in [5.74, 6) is 1.32. The minimum atomic E-state index is -4.40. The Morgan fingerprint density at radius 1 is 1.09 bits per heavy atom. The second kappa shape index (κ2) is 9.55. The molecule has 3 heterocycles. The van der Waals surface area contributed by atoms with E-state index in [0.29, 0.717) is 43.2 Å². The van der Waals surface area contributed by atoms with E-state index in [-0.39, 0.29) is 0 Å². The minimum absolute atomic E-state index is 0.430. The van der Waals surface area contributed by atoms with Crippen LogP contribution in [0.3, 0.4) is 0 Å². The monoisotopic (exact) mass is 485 g/mol. The molecule has 1 aromatic heterocycles. The zero-order valence-electron chi connectivity index (χ0n) is 18.1. The van der Waals surface area contributed by atoms with Gasteiger partial charge in [0.1, 0.15) is 12.4 Å². The second-order valence-electron chi connectivity index (χ2n) is 7.84. The van der Waals surface area contributed by atoms with Gasteiger partial charge in [0.25, 0.3) is 0 Å². The molecule has 0 bridgehead atoms. The third-order valence-corrected chi connectivity index (χ3v) is 6.46. The van der Waals surface area contributed by atoms with E-state index in [9.17, 15) is 13.2 Å². The Hall–Kier alpha value is -3.24. The van der Waals surface area contributed by atoms with Crippen molar-refractivity contribution in [1.29, 1.82) is 0 Å². The first-order chi connectivity index (χ1) is 16.5. The Labute approximate surface area is 199 Å². The minimum Gasteiger partial charge on any atom is -0.489 e. The summed E-state index contributed by atoms with van der Waals surface area (Å²) in [7, 11) is 0. The van der Waals surface area contributed by atoms with Crippen LogP contribution in [0.1, 0.15) is 17.5 Å². The number of halogens is 3. The van der Waals surface area contributed by atoms with Crippen LogP contribution in [0.2, 0.25) is 0 Å². The van der Waals surface area contributed by atoms with Crippen LogP contribution in [0, 0.1) is 0 Å². The molecule has 0 amide bonds. The molecular weight excluding hydrogens is 463 g/mol. The summed E-state index contributed by atoms with van der Waals surface area (Å²) in [6.07, 6.45) is 3.09. The highest BCUT2D eigenvalue weighted by atomic mass is 32.2. The third-order valence-electron chi connectivity index (χ3n) is 5.66. The number of rotatable bonds is 5. The van der Waals surface area contributed by atoms with Crippen LogP contribution < -0.4 is 19.7 Å². The number of nitrogens with one attached hydrogen (secondary N) is 2. The zero-order chi connectivity index (χ0) is 23.5. The molecular formula is C24H22F3N5OS. The molecule has 3 aromatic rings. The molecule has 0 fully saturated rings. The molecule has 2 aromatic carbocycles. The van der Waals surface area contributed by atoms with Gasteiger partial charge in [-0.3, -0.25) is 4.98 Å². The predicted molar refractivity (Wildman–Crippen MR) is 127 cm³/mol. The van der Waals surface area contributed by atoms with E-state index in [1.807, 2.05) is 29.2 Å². The number of aromatic nitrogens is 2. The molecule has 0 saturated carbocycles. The maximum Gasteiger partial charge on any atom is 0.416 e. The largest absolute Gasteiger partial charge is 0.489 e. The van der Waals surface area contributed by atoms with Crippen molar-refractivity contribution in [3.05, 3.63) is 72.2 Å². The first-order valence-corrected chi connectivity index (χ1v) is 11.7. The molecule has 6 nitrogen and oxygen atoms in total. The van der Waals surface area contributed by atoms with Crippen molar-refractivity contribution >= 4 is 34.7 Å². The maximum absolute atomic E-state index is 13.5. The Balaban J connectivity index is 1.47. The number of benzene rings is 2.